The normalized spacial score (nSPS) is 12.3. The zero-order valence-corrected chi connectivity index (χ0v) is 27.6. The first-order valence-electron chi connectivity index (χ1n) is 14.4. The Labute approximate surface area is 282 Å². The van der Waals surface area contributed by atoms with Crippen LogP contribution in [0.1, 0.15) is 37.8 Å². The number of hydrogen-bond acceptors (Lipinski definition) is 8. The molecule has 12 N–H and O–H groups in total. The summed E-state index contributed by atoms with van der Waals surface area (Å²) in [7, 11) is 0. The number of carbonyl (C=O) groups is 5. The standard InChI is InChI=1S/C28H38Cl2N8O5.C2H4O2/c1-2-38(23(25(32)41)14-17-7-10-19(29)20(30)12-17)24(40)15-36-27(43)22(4-3-11-35-28(33)34)37-26(42)21(31)13-16-5-8-18(39)9-6-16;1-2(3)4/h5-10,12,21-23,39H,2-4,11,13-15,31H2,1H3,(H2,32,41)(H,36,43)(H,37,42)(H4,33,34,35);1H3,(H,3,4)/t21-,22+,23+;/m0./s1. The van der Waals surface area contributed by atoms with Crippen LogP contribution in [-0.2, 0) is 36.8 Å². The van der Waals surface area contributed by atoms with Gasteiger partial charge in [-0.05, 0) is 61.6 Å². The summed E-state index contributed by atoms with van der Waals surface area (Å²) >= 11 is 12.1. The molecule has 2 rings (SSSR count). The van der Waals surface area contributed by atoms with E-state index in [4.69, 9.17) is 56.0 Å². The van der Waals surface area contributed by atoms with E-state index in [1.54, 1.807) is 37.3 Å². The minimum absolute atomic E-state index is 0.0759. The minimum atomic E-state index is -1.06. The van der Waals surface area contributed by atoms with Gasteiger partial charge in [-0.3, -0.25) is 29.0 Å². The number of amides is 4. The van der Waals surface area contributed by atoms with Gasteiger partial charge in [0.05, 0.1) is 22.6 Å². The maximum atomic E-state index is 13.1. The third-order valence-electron chi connectivity index (χ3n) is 6.50. The molecule has 2 aromatic rings. The van der Waals surface area contributed by atoms with Crippen LogP contribution in [0.3, 0.4) is 0 Å². The number of nitrogens with two attached hydrogens (primary N) is 4. The number of phenols is 1. The van der Waals surface area contributed by atoms with Gasteiger partial charge in [0.2, 0.25) is 23.6 Å². The molecular weight excluding hydrogens is 655 g/mol. The largest absolute Gasteiger partial charge is 0.508 e. The van der Waals surface area contributed by atoms with Gasteiger partial charge < -0.3 is 48.7 Å². The van der Waals surface area contributed by atoms with Crippen molar-refractivity contribution in [1.82, 2.24) is 15.5 Å². The summed E-state index contributed by atoms with van der Waals surface area (Å²) in [5, 5.41) is 22.7. The molecule has 258 valence electrons. The van der Waals surface area contributed by atoms with Crippen molar-refractivity contribution in [3.63, 3.8) is 0 Å². The summed E-state index contributed by atoms with van der Waals surface area (Å²) in [5.74, 6) is -3.40. The topological polar surface area (TPSA) is 270 Å². The molecule has 0 saturated carbocycles. The summed E-state index contributed by atoms with van der Waals surface area (Å²) in [6.45, 7) is 2.64. The number of hydrogen-bond donors (Lipinski definition) is 8. The second-order valence-corrected chi connectivity index (χ2v) is 11.1. The van der Waals surface area contributed by atoms with Crippen LogP contribution in [-0.4, -0.2) is 88.4 Å². The molecule has 2 aromatic carbocycles. The van der Waals surface area contributed by atoms with Gasteiger partial charge in [-0.25, -0.2) is 0 Å². The number of aliphatic imine (C=N–C) groups is 1. The van der Waals surface area contributed by atoms with Gasteiger partial charge in [-0.2, -0.15) is 0 Å². The molecule has 3 atom stereocenters. The number of carboxylic acid groups (broad SMARTS) is 1. The van der Waals surface area contributed by atoms with Crippen molar-refractivity contribution < 1.29 is 34.2 Å². The Kier molecular flexibility index (Phi) is 17.6. The molecule has 0 heterocycles. The van der Waals surface area contributed by atoms with Crippen LogP contribution in [0, 0.1) is 0 Å². The Balaban J connectivity index is 0.00000260. The number of rotatable bonds is 16. The molecule has 47 heavy (non-hydrogen) atoms. The number of carboxylic acids is 1. The minimum Gasteiger partial charge on any atom is -0.508 e. The zero-order valence-electron chi connectivity index (χ0n) is 26.1. The average molecular weight is 698 g/mol. The van der Waals surface area contributed by atoms with Crippen LogP contribution < -0.4 is 33.6 Å². The van der Waals surface area contributed by atoms with Crippen LogP contribution in [0.25, 0.3) is 0 Å². The third-order valence-corrected chi connectivity index (χ3v) is 7.24. The number of benzene rings is 2. The van der Waals surface area contributed by atoms with Gasteiger partial charge in [0, 0.05) is 26.4 Å². The van der Waals surface area contributed by atoms with Crippen molar-refractivity contribution in [2.75, 3.05) is 19.6 Å². The molecule has 0 radical (unpaired) electrons. The van der Waals surface area contributed by atoms with Crippen LogP contribution in [0.2, 0.25) is 10.0 Å². The monoisotopic (exact) mass is 696 g/mol. The Bertz CT molecular complexity index is 1400. The number of likely N-dealkylation sites (N-methyl/N-ethyl adjacent to an activating group) is 1. The number of primary amides is 1. The number of guanidine groups is 1. The van der Waals surface area contributed by atoms with Gasteiger partial charge in [0.1, 0.15) is 17.8 Å². The van der Waals surface area contributed by atoms with Gasteiger partial charge in [-0.15, -0.1) is 0 Å². The predicted molar refractivity (Wildman–Crippen MR) is 178 cm³/mol. The van der Waals surface area contributed by atoms with E-state index in [9.17, 15) is 24.3 Å². The van der Waals surface area contributed by atoms with Crippen molar-refractivity contribution in [2.45, 2.75) is 57.7 Å². The first kappa shape index (κ1) is 40.4. The number of aromatic hydroxyl groups is 1. The van der Waals surface area contributed by atoms with E-state index in [0.717, 1.165) is 6.92 Å². The lowest BCUT2D eigenvalue weighted by Gasteiger charge is -2.29. The predicted octanol–water partition coefficient (Wildman–Crippen LogP) is 0.259. The van der Waals surface area contributed by atoms with Crippen molar-refractivity contribution in [2.24, 2.45) is 27.9 Å². The fraction of sp³-hybridized carbons (Fsp3) is 0.400. The Morgan fingerprint density at radius 3 is 2.06 bits per heavy atom. The summed E-state index contributed by atoms with van der Waals surface area (Å²) in [5.41, 5.74) is 23.8. The maximum Gasteiger partial charge on any atom is 0.300 e. The van der Waals surface area contributed by atoms with Gasteiger partial charge in [0.15, 0.2) is 5.96 Å². The van der Waals surface area contributed by atoms with E-state index < -0.39 is 54.3 Å². The number of nitrogens with one attached hydrogen (secondary N) is 2. The summed E-state index contributed by atoms with van der Waals surface area (Å²) in [6.07, 6.45) is 0.729. The number of halogens is 2. The van der Waals surface area contributed by atoms with E-state index in [1.165, 1.54) is 17.0 Å². The highest BCUT2D eigenvalue weighted by atomic mass is 35.5. The van der Waals surface area contributed by atoms with Gasteiger partial charge in [0.25, 0.3) is 5.97 Å². The molecule has 4 amide bonds. The Hall–Kier alpha value is -4.60. The summed E-state index contributed by atoms with van der Waals surface area (Å²) in [4.78, 5) is 65.6. The number of phenolic OH excluding ortho intramolecular Hbond substituents is 1. The molecule has 0 spiro atoms. The second-order valence-electron chi connectivity index (χ2n) is 10.3. The molecule has 0 aromatic heterocycles. The molecule has 17 heteroatoms. The van der Waals surface area contributed by atoms with Crippen LogP contribution >= 0.6 is 23.2 Å². The quantitative estimate of drug-likeness (QED) is 0.0673. The van der Waals surface area contributed by atoms with Crippen molar-refractivity contribution in [3.05, 3.63) is 63.6 Å². The second kappa shape index (κ2) is 20.5. The molecule has 0 aliphatic carbocycles. The highest BCUT2D eigenvalue weighted by Gasteiger charge is 2.29. The van der Waals surface area contributed by atoms with Crippen molar-refractivity contribution in [1.29, 1.82) is 0 Å². The van der Waals surface area contributed by atoms with E-state index in [2.05, 4.69) is 15.6 Å². The maximum absolute atomic E-state index is 13.1. The number of aliphatic carboxylic acids is 1. The molecular formula is C30H42Cl2N8O7. The van der Waals surface area contributed by atoms with E-state index >= 15 is 0 Å². The number of nitrogens with zero attached hydrogens (tertiary/aromatic N) is 2. The molecule has 0 unspecified atom stereocenters. The lowest BCUT2D eigenvalue weighted by Crippen LogP contribution is -2.55. The SMILES string of the molecule is CC(=O)O.CCN(C(=O)CNC(=O)[C@@H](CCCN=C(N)N)NC(=O)[C@@H](N)Cc1ccc(O)cc1)[C@H](Cc1ccc(Cl)c(Cl)c1)C(N)=O. The molecule has 0 saturated heterocycles. The smallest absolute Gasteiger partial charge is 0.300 e. The molecule has 0 fully saturated rings. The molecule has 0 bridgehead atoms. The summed E-state index contributed by atoms with van der Waals surface area (Å²) < 4.78 is 0. The van der Waals surface area contributed by atoms with E-state index in [1.807, 2.05) is 0 Å². The molecule has 0 aliphatic heterocycles. The van der Waals surface area contributed by atoms with Gasteiger partial charge >= 0.3 is 0 Å². The lowest BCUT2D eigenvalue weighted by atomic mass is 10.0. The van der Waals surface area contributed by atoms with E-state index in [0.29, 0.717) is 27.6 Å². The van der Waals surface area contributed by atoms with Crippen LogP contribution in [0.15, 0.2) is 47.5 Å². The highest BCUT2D eigenvalue weighted by molar-refractivity contribution is 6.42. The van der Waals surface area contributed by atoms with Crippen LogP contribution in [0.4, 0.5) is 0 Å². The first-order chi connectivity index (χ1) is 22.0. The fourth-order valence-corrected chi connectivity index (χ4v) is 4.56. The first-order valence-corrected chi connectivity index (χ1v) is 15.2. The summed E-state index contributed by atoms with van der Waals surface area (Å²) in [6, 6.07) is 7.99. The zero-order chi connectivity index (χ0) is 35.7. The Morgan fingerprint density at radius 2 is 1.53 bits per heavy atom. The molecule has 0 aliphatic rings. The Morgan fingerprint density at radius 1 is 0.936 bits per heavy atom. The van der Waals surface area contributed by atoms with Crippen molar-refractivity contribution in [3.8, 4) is 5.75 Å². The van der Waals surface area contributed by atoms with Crippen LogP contribution in [0.5, 0.6) is 5.75 Å². The average Bonchev–Trinajstić information content (AvgIpc) is 2.99. The van der Waals surface area contributed by atoms with Crippen molar-refractivity contribution >= 4 is 58.8 Å². The number of carbonyl (C=O) groups excluding carboxylic acids is 4. The van der Waals surface area contributed by atoms with Gasteiger partial charge in [-0.1, -0.05) is 41.4 Å². The fourth-order valence-electron chi connectivity index (χ4n) is 4.24. The van der Waals surface area contributed by atoms with E-state index in [-0.39, 0.29) is 44.1 Å². The lowest BCUT2D eigenvalue weighted by molar-refractivity contribution is -0.139. The molecule has 15 nitrogen and oxygen atoms in total. The third kappa shape index (κ3) is 15.5. The highest BCUT2D eigenvalue weighted by Crippen LogP contribution is 2.24.